The van der Waals surface area contributed by atoms with Gasteiger partial charge in [-0.25, -0.2) is 9.37 Å². The number of hydrogen-bond donors (Lipinski definition) is 1. The first kappa shape index (κ1) is 15.2. The Morgan fingerprint density at radius 3 is 2.95 bits per heavy atom. The number of carbonyl (C=O) groups excluding carboxylic acids is 1. The maximum atomic E-state index is 12.9. The smallest absolute Gasteiger partial charge is 0.249 e. The van der Waals surface area contributed by atoms with Crippen molar-refractivity contribution in [1.29, 1.82) is 0 Å². The van der Waals surface area contributed by atoms with Crippen LogP contribution in [0, 0.1) is 5.82 Å². The summed E-state index contributed by atoms with van der Waals surface area (Å²) in [7, 11) is 1.58. The number of ether oxygens (including phenoxy) is 1. The highest BCUT2D eigenvalue weighted by molar-refractivity contribution is 9.10. The molecule has 0 aliphatic heterocycles. The minimum Gasteiger partial charge on any atom is -0.497 e. The van der Waals surface area contributed by atoms with E-state index in [0.717, 1.165) is 11.8 Å². The summed E-state index contributed by atoms with van der Waals surface area (Å²) < 4.78 is 18.4. The molecule has 1 aromatic heterocycles. The molecule has 0 bridgehead atoms. The number of anilines is 1. The van der Waals surface area contributed by atoms with Gasteiger partial charge in [-0.3, -0.25) is 4.79 Å². The number of rotatable bonds is 4. The molecule has 2 rings (SSSR count). The maximum absolute atomic E-state index is 12.9. The first-order chi connectivity index (χ1) is 10.1. The van der Waals surface area contributed by atoms with Crippen molar-refractivity contribution in [2.24, 2.45) is 0 Å². The zero-order valence-corrected chi connectivity index (χ0v) is 12.7. The quantitative estimate of drug-likeness (QED) is 0.856. The summed E-state index contributed by atoms with van der Waals surface area (Å²) in [5.41, 5.74) is 0.829. The van der Waals surface area contributed by atoms with Crippen molar-refractivity contribution in [3.8, 4) is 5.75 Å². The van der Waals surface area contributed by atoms with Gasteiger partial charge in [0.25, 0.3) is 0 Å². The Labute approximate surface area is 129 Å². The summed E-state index contributed by atoms with van der Waals surface area (Å²) in [6.45, 7) is 0. The van der Waals surface area contributed by atoms with Crippen LogP contribution < -0.4 is 10.1 Å². The summed E-state index contributed by atoms with van der Waals surface area (Å²) in [5.74, 6) is 0.127. The lowest BCUT2D eigenvalue weighted by Crippen LogP contribution is -2.09. The molecule has 0 unspecified atom stereocenters. The highest BCUT2D eigenvalue weighted by atomic mass is 79.9. The van der Waals surface area contributed by atoms with Crippen molar-refractivity contribution >= 4 is 33.7 Å². The zero-order chi connectivity index (χ0) is 15.2. The van der Waals surface area contributed by atoms with Crippen LogP contribution in [0.25, 0.3) is 6.08 Å². The van der Waals surface area contributed by atoms with Gasteiger partial charge in [0, 0.05) is 6.08 Å². The van der Waals surface area contributed by atoms with Crippen LogP contribution in [-0.2, 0) is 4.79 Å². The molecule has 0 saturated heterocycles. The van der Waals surface area contributed by atoms with Gasteiger partial charge in [0.2, 0.25) is 5.91 Å². The second-order valence-electron chi connectivity index (χ2n) is 4.08. The van der Waals surface area contributed by atoms with E-state index in [2.05, 4.69) is 26.2 Å². The van der Waals surface area contributed by atoms with Crippen LogP contribution in [0.5, 0.6) is 5.75 Å². The van der Waals surface area contributed by atoms with Gasteiger partial charge in [0.1, 0.15) is 17.4 Å². The lowest BCUT2D eigenvalue weighted by Gasteiger charge is -2.03. The summed E-state index contributed by atoms with van der Waals surface area (Å²) in [6, 6.07) is 8.52. The van der Waals surface area contributed by atoms with E-state index in [1.165, 1.54) is 12.1 Å². The van der Waals surface area contributed by atoms with Crippen LogP contribution >= 0.6 is 15.9 Å². The average Bonchev–Trinajstić information content (AvgIpc) is 2.48. The monoisotopic (exact) mass is 350 g/mol. The number of amides is 1. The van der Waals surface area contributed by atoms with Crippen molar-refractivity contribution in [2.75, 3.05) is 12.4 Å². The SMILES string of the molecule is COc1cccc(/C=C/C(=O)Nc2ncc(F)cc2Br)c1. The second-order valence-corrected chi connectivity index (χ2v) is 4.94. The average molecular weight is 351 g/mol. The van der Waals surface area contributed by atoms with Crippen molar-refractivity contribution in [3.63, 3.8) is 0 Å². The number of halogens is 2. The van der Waals surface area contributed by atoms with Crippen LogP contribution in [0.1, 0.15) is 5.56 Å². The third kappa shape index (κ3) is 4.39. The molecule has 21 heavy (non-hydrogen) atoms. The molecular formula is C15H12BrFN2O2. The molecule has 1 N–H and O–H groups in total. The van der Waals surface area contributed by atoms with E-state index in [1.807, 2.05) is 18.2 Å². The van der Waals surface area contributed by atoms with Gasteiger partial charge in [0.05, 0.1) is 17.8 Å². The molecule has 0 aliphatic carbocycles. The minimum absolute atomic E-state index is 0.261. The minimum atomic E-state index is -0.480. The molecule has 1 heterocycles. The molecule has 6 heteroatoms. The number of methoxy groups -OCH3 is 1. The highest BCUT2D eigenvalue weighted by Gasteiger charge is 2.05. The number of hydrogen-bond acceptors (Lipinski definition) is 3. The first-order valence-electron chi connectivity index (χ1n) is 6.02. The van der Waals surface area contributed by atoms with Crippen LogP contribution in [0.4, 0.5) is 10.2 Å². The normalized spacial score (nSPS) is 10.6. The van der Waals surface area contributed by atoms with E-state index in [4.69, 9.17) is 4.74 Å². The molecule has 1 amide bonds. The summed E-state index contributed by atoms with van der Waals surface area (Å²) in [5, 5.41) is 2.55. The van der Waals surface area contributed by atoms with Gasteiger partial charge < -0.3 is 10.1 Å². The third-order valence-electron chi connectivity index (χ3n) is 2.57. The number of pyridine rings is 1. The molecule has 4 nitrogen and oxygen atoms in total. The Kier molecular flexibility index (Phi) is 5.05. The standard InChI is InChI=1S/C15H12BrFN2O2/c1-21-12-4-2-3-10(7-12)5-6-14(20)19-15-13(16)8-11(17)9-18-15/h2-9H,1H3,(H,18,19,20)/b6-5+. The van der Waals surface area contributed by atoms with E-state index < -0.39 is 5.82 Å². The zero-order valence-electron chi connectivity index (χ0n) is 11.1. The molecule has 0 aliphatic rings. The summed E-state index contributed by atoms with van der Waals surface area (Å²) in [4.78, 5) is 15.6. The largest absolute Gasteiger partial charge is 0.497 e. The van der Waals surface area contributed by atoms with Crippen molar-refractivity contribution in [2.45, 2.75) is 0 Å². The molecule has 1 aromatic carbocycles. The van der Waals surface area contributed by atoms with Crippen LogP contribution in [0.15, 0.2) is 47.1 Å². The van der Waals surface area contributed by atoms with Crippen molar-refractivity contribution in [3.05, 3.63) is 58.5 Å². The van der Waals surface area contributed by atoms with Gasteiger partial charge in [-0.15, -0.1) is 0 Å². The molecule has 0 atom stereocenters. The van der Waals surface area contributed by atoms with Crippen LogP contribution in [0.3, 0.4) is 0 Å². The Hall–Kier alpha value is -2.21. The van der Waals surface area contributed by atoms with E-state index in [9.17, 15) is 9.18 Å². The van der Waals surface area contributed by atoms with Gasteiger partial charge in [-0.1, -0.05) is 12.1 Å². The molecule has 0 saturated carbocycles. The predicted molar refractivity (Wildman–Crippen MR) is 82.6 cm³/mol. The Bertz CT molecular complexity index is 689. The number of nitrogens with one attached hydrogen (secondary N) is 1. The van der Waals surface area contributed by atoms with E-state index in [0.29, 0.717) is 10.2 Å². The van der Waals surface area contributed by atoms with E-state index in [-0.39, 0.29) is 11.7 Å². The Balaban J connectivity index is 2.05. The van der Waals surface area contributed by atoms with Gasteiger partial charge >= 0.3 is 0 Å². The number of carbonyl (C=O) groups is 1. The van der Waals surface area contributed by atoms with E-state index in [1.54, 1.807) is 19.3 Å². The molecule has 108 valence electrons. The fraction of sp³-hybridized carbons (Fsp3) is 0.0667. The van der Waals surface area contributed by atoms with Crippen LogP contribution in [0.2, 0.25) is 0 Å². The van der Waals surface area contributed by atoms with Gasteiger partial charge in [-0.05, 0) is 45.8 Å². The Morgan fingerprint density at radius 2 is 2.24 bits per heavy atom. The van der Waals surface area contributed by atoms with Gasteiger partial charge in [0.15, 0.2) is 0 Å². The maximum Gasteiger partial charge on any atom is 0.249 e. The third-order valence-corrected chi connectivity index (χ3v) is 3.17. The Morgan fingerprint density at radius 1 is 1.43 bits per heavy atom. The summed E-state index contributed by atoms with van der Waals surface area (Å²) in [6.07, 6.45) is 4.05. The number of nitrogens with zero attached hydrogens (tertiary/aromatic N) is 1. The highest BCUT2D eigenvalue weighted by Crippen LogP contribution is 2.20. The van der Waals surface area contributed by atoms with E-state index >= 15 is 0 Å². The molecule has 0 spiro atoms. The molecule has 0 fully saturated rings. The molecule has 0 radical (unpaired) electrons. The first-order valence-corrected chi connectivity index (χ1v) is 6.82. The lowest BCUT2D eigenvalue weighted by molar-refractivity contribution is -0.111. The fourth-order valence-corrected chi connectivity index (χ4v) is 2.00. The fourth-order valence-electron chi connectivity index (χ4n) is 1.58. The van der Waals surface area contributed by atoms with Crippen molar-refractivity contribution in [1.82, 2.24) is 4.98 Å². The summed E-state index contributed by atoms with van der Waals surface area (Å²) >= 11 is 3.13. The second kappa shape index (κ2) is 6.99. The van der Waals surface area contributed by atoms with Gasteiger partial charge in [-0.2, -0.15) is 0 Å². The topological polar surface area (TPSA) is 51.2 Å². The predicted octanol–water partition coefficient (Wildman–Crippen LogP) is 3.64. The van der Waals surface area contributed by atoms with Crippen molar-refractivity contribution < 1.29 is 13.9 Å². The molecular weight excluding hydrogens is 339 g/mol. The molecule has 2 aromatic rings. The number of aromatic nitrogens is 1. The van der Waals surface area contributed by atoms with Crippen LogP contribution in [-0.4, -0.2) is 18.0 Å². The lowest BCUT2D eigenvalue weighted by atomic mass is 10.2. The number of benzene rings is 1.